The van der Waals surface area contributed by atoms with E-state index in [0.717, 1.165) is 17.0 Å². The minimum Gasteiger partial charge on any atom is -0.397 e. The zero-order valence-corrected chi connectivity index (χ0v) is 12.3. The number of aromatic nitrogens is 2. The normalized spacial score (nSPS) is 12.4. The fourth-order valence-electron chi connectivity index (χ4n) is 1.94. The number of nitrogens with zero attached hydrogens (tertiary/aromatic N) is 2. The van der Waals surface area contributed by atoms with Gasteiger partial charge in [0.15, 0.2) is 0 Å². The minimum atomic E-state index is -0.320. The van der Waals surface area contributed by atoms with Gasteiger partial charge in [-0.15, -0.1) is 11.6 Å². The van der Waals surface area contributed by atoms with Crippen LogP contribution in [0.3, 0.4) is 0 Å². The summed E-state index contributed by atoms with van der Waals surface area (Å²) in [4.78, 5) is 8.73. The Morgan fingerprint density at radius 1 is 1.21 bits per heavy atom. The average Bonchev–Trinajstić information content (AvgIpc) is 2.33. The largest absolute Gasteiger partial charge is 0.397 e. The second-order valence-corrected chi connectivity index (χ2v) is 5.43. The SMILES string of the molecule is Cc1cc(C)nc(C(Cl)Cc2cccc(Cl)c2N)n1. The van der Waals surface area contributed by atoms with Crippen molar-refractivity contribution in [3.63, 3.8) is 0 Å². The van der Waals surface area contributed by atoms with Crippen LogP contribution < -0.4 is 5.73 Å². The van der Waals surface area contributed by atoms with E-state index in [1.807, 2.05) is 32.0 Å². The van der Waals surface area contributed by atoms with Gasteiger partial charge in [0.05, 0.1) is 16.1 Å². The van der Waals surface area contributed by atoms with Gasteiger partial charge < -0.3 is 5.73 Å². The van der Waals surface area contributed by atoms with Crippen molar-refractivity contribution in [1.29, 1.82) is 0 Å². The first kappa shape index (κ1) is 14.1. The van der Waals surface area contributed by atoms with E-state index in [1.54, 1.807) is 6.07 Å². The maximum Gasteiger partial charge on any atom is 0.146 e. The first-order chi connectivity index (χ1) is 8.97. The molecule has 0 amide bonds. The van der Waals surface area contributed by atoms with Crippen molar-refractivity contribution in [3.05, 3.63) is 52.1 Å². The number of halogens is 2. The smallest absolute Gasteiger partial charge is 0.146 e. The van der Waals surface area contributed by atoms with Crippen LogP contribution in [0.4, 0.5) is 5.69 Å². The number of nitrogen functional groups attached to an aromatic ring is 1. The van der Waals surface area contributed by atoms with Crippen molar-refractivity contribution in [1.82, 2.24) is 9.97 Å². The molecule has 1 aromatic heterocycles. The Balaban J connectivity index is 2.25. The van der Waals surface area contributed by atoms with E-state index in [2.05, 4.69) is 9.97 Å². The Kier molecular flexibility index (Phi) is 4.27. The van der Waals surface area contributed by atoms with Crippen LogP contribution in [0.5, 0.6) is 0 Å². The minimum absolute atomic E-state index is 0.320. The molecule has 1 heterocycles. The predicted octanol–water partition coefficient (Wildman–Crippen LogP) is 3.85. The molecule has 0 aliphatic heterocycles. The highest BCUT2D eigenvalue weighted by Crippen LogP contribution is 2.29. The van der Waals surface area contributed by atoms with Gasteiger partial charge in [0.1, 0.15) is 5.82 Å². The molecule has 19 heavy (non-hydrogen) atoms. The van der Waals surface area contributed by atoms with Crippen LogP contribution in [0.25, 0.3) is 0 Å². The van der Waals surface area contributed by atoms with Crippen LogP contribution in [-0.2, 0) is 6.42 Å². The van der Waals surface area contributed by atoms with Gasteiger partial charge >= 0.3 is 0 Å². The van der Waals surface area contributed by atoms with Crippen molar-refractivity contribution >= 4 is 28.9 Å². The number of hydrogen-bond acceptors (Lipinski definition) is 3. The molecule has 0 spiro atoms. The molecule has 2 N–H and O–H groups in total. The molecule has 3 nitrogen and oxygen atoms in total. The van der Waals surface area contributed by atoms with Crippen molar-refractivity contribution in [3.8, 4) is 0 Å². The highest BCUT2D eigenvalue weighted by molar-refractivity contribution is 6.33. The Bertz CT molecular complexity index is 579. The second-order valence-electron chi connectivity index (χ2n) is 4.49. The molecule has 0 saturated carbocycles. The molecule has 0 bridgehead atoms. The van der Waals surface area contributed by atoms with Gasteiger partial charge in [-0.3, -0.25) is 0 Å². The van der Waals surface area contributed by atoms with Crippen molar-refractivity contribution < 1.29 is 0 Å². The van der Waals surface area contributed by atoms with Crippen molar-refractivity contribution in [2.24, 2.45) is 0 Å². The van der Waals surface area contributed by atoms with Crippen LogP contribution >= 0.6 is 23.2 Å². The summed E-state index contributed by atoms with van der Waals surface area (Å²) in [5.74, 6) is 0.624. The molecule has 2 aromatic rings. The van der Waals surface area contributed by atoms with E-state index in [-0.39, 0.29) is 5.38 Å². The Hall–Kier alpha value is -1.32. The molecule has 2 rings (SSSR count). The lowest BCUT2D eigenvalue weighted by Crippen LogP contribution is -2.06. The molecular formula is C14H15Cl2N3. The fourth-order valence-corrected chi connectivity index (χ4v) is 2.40. The zero-order valence-electron chi connectivity index (χ0n) is 10.8. The topological polar surface area (TPSA) is 51.8 Å². The molecule has 5 heteroatoms. The molecule has 0 saturated heterocycles. The summed E-state index contributed by atoms with van der Waals surface area (Å²) in [6.45, 7) is 3.85. The first-order valence-electron chi connectivity index (χ1n) is 5.96. The molecule has 1 aromatic carbocycles. The van der Waals surface area contributed by atoms with Crippen LogP contribution in [0.2, 0.25) is 5.02 Å². The summed E-state index contributed by atoms with van der Waals surface area (Å²) in [6.07, 6.45) is 0.552. The van der Waals surface area contributed by atoms with E-state index in [0.29, 0.717) is 23.0 Å². The van der Waals surface area contributed by atoms with Gasteiger partial charge in [0, 0.05) is 11.4 Å². The van der Waals surface area contributed by atoms with Gasteiger partial charge in [-0.25, -0.2) is 9.97 Å². The lowest BCUT2D eigenvalue weighted by atomic mass is 10.1. The number of anilines is 1. The fraction of sp³-hybridized carbons (Fsp3) is 0.286. The molecule has 0 radical (unpaired) electrons. The maximum absolute atomic E-state index is 6.39. The maximum atomic E-state index is 6.39. The second kappa shape index (κ2) is 5.76. The molecule has 0 aliphatic rings. The van der Waals surface area contributed by atoms with Gasteiger partial charge in [-0.2, -0.15) is 0 Å². The van der Waals surface area contributed by atoms with Gasteiger partial charge in [0.2, 0.25) is 0 Å². The highest BCUT2D eigenvalue weighted by Gasteiger charge is 2.15. The van der Waals surface area contributed by atoms with Crippen LogP contribution in [0.15, 0.2) is 24.3 Å². The highest BCUT2D eigenvalue weighted by atomic mass is 35.5. The van der Waals surface area contributed by atoms with Crippen LogP contribution in [0, 0.1) is 13.8 Å². The summed E-state index contributed by atoms with van der Waals surface area (Å²) in [6, 6.07) is 7.46. The summed E-state index contributed by atoms with van der Waals surface area (Å²) in [5.41, 5.74) is 9.24. The lowest BCUT2D eigenvalue weighted by molar-refractivity contribution is 0.808. The summed E-state index contributed by atoms with van der Waals surface area (Å²) in [5, 5.41) is 0.224. The Morgan fingerprint density at radius 3 is 2.47 bits per heavy atom. The molecule has 0 fully saturated rings. The number of para-hydroxylation sites is 1. The van der Waals surface area contributed by atoms with E-state index in [1.165, 1.54) is 0 Å². The summed E-state index contributed by atoms with van der Waals surface area (Å²) < 4.78 is 0. The average molecular weight is 296 g/mol. The van der Waals surface area contributed by atoms with Gasteiger partial charge in [-0.05, 0) is 38.0 Å². The molecule has 1 unspecified atom stereocenters. The summed E-state index contributed by atoms with van der Waals surface area (Å²) >= 11 is 12.4. The number of aryl methyl sites for hydroxylation is 2. The lowest BCUT2D eigenvalue weighted by Gasteiger charge is -2.12. The van der Waals surface area contributed by atoms with E-state index < -0.39 is 0 Å². The third kappa shape index (κ3) is 3.37. The molecular weight excluding hydrogens is 281 g/mol. The predicted molar refractivity (Wildman–Crippen MR) is 79.7 cm³/mol. The molecule has 100 valence electrons. The number of rotatable bonds is 3. The molecule has 1 atom stereocenters. The van der Waals surface area contributed by atoms with Gasteiger partial charge in [-0.1, -0.05) is 23.7 Å². The Morgan fingerprint density at radius 2 is 1.84 bits per heavy atom. The monoisotopic (exact) mass is 295 g/mol. The van der Waals surface area contributed by atoms with Gasteiger partial charge in [0.25, 0.3) is 0 Å². The quantitative estimate of drug-likeness (QED) is 0.691. The third-order valence-electron chi connectivity index (χ3n) is 2.82. The van der Waals surface area contributed by atoms with E-state index in [9.17, 15) is 0 Å². The van der Waals surface area contributed by atoms with Crippen LogP contribution in [-0.4, -0.2) is 9.97 Å². The number of alkyl halides is 1. The van der Waals surface area contributed by atoms with Crippen LogP contribution in [0.1, 0.15) is 28.2 Å². The first-order valence-corrected chi connectivity index (χ1v) is 6.78. The van der Waals surface area contributed by atoms with E-state index in [4.69, 9.17) is 28.9 Å². The van der Waals surface area contributed by atoms with E-state index >= 15 is 0 Å². The standard InChI is InChI=1S/C14H15Cl2N3/c1-8-6-9(2)19-14(18-8)12(16)7-10-4-3-5-11(15)13(10)17/h3-6,12H,7,17H2,1-2H3. The Labute approximate surface area is 122 Å². The molecule has 0 aliphatic carbocycles. The van der Waals surface area contributed by atoms with Crippen molar-refractivity contribution in [2.75, 3.05) is 5.73 Å². The number of benzene rings is 1. The number of hydrogen-bond donors (Lipinski definition) is 1. The summed E-state index contributed by atoms with van der Waals surface area (Å²) in [7, 11) is 0. The van der Waals surface area contributed by atoms with Crippen molar-refractivity contribution in [2.45, 2.75) is 25.6 Å². The zero-order chi connectivity index (χ0) is 14.0. The third-order valence-corrected chi connectivity index (χ3v) is 3.50. The number of nitrogens with two attached hydrogens (primary N) is 1.